The van der Waals surface area contributed by atoms with Gasteiger partial charge in [-0.25, -0.2) is 0 Å². The Balaban J connectivity index is 3.78. The first-order valence-corrected chi connectivity index (χ1v) is 7.35. The number of ether oxygens (including phenoxy) is 1. The molecule has 0 amide bonds. The van der Waals surface area contributed by atoms with E-state index in [0.717, 1.165) is 5.70 Å². The van der Waals surface area contributed by atoms with Crippen molar-refractivity contribution in [1.29, 1.82) is 5.41 Å². The molecule has 5 heteroatoms. The summed E-state index contributed by atoms with van der Waals surface area (Å²) in [5, 5.41) is 7.44. The highest BCUT2D eigenvalue weighted by atomic mass is 127. The zero-order chi connectivity index (χ0) is 10.3. The van der Waals surface area contributed by atoms with E-state index in [0.29, 0.717) is 12.5 Å². The summed E-state index contributed by atoms with van der Waals surface area (Å²) < 4.78 is 8.18. The van der Waals surface area contributed by atoms with Gasteiger partial charge in [0.05, 0.1) is 6.61 Å². The van der Waals surface area contributed by atoms with E-state index >= 15 is 0 Å². The summed E-state index contributed by atoms with van der Waals surface area (Å²) in [6.45, 7) is 6.62. The molecule has 0 bridgehead atoms. The van der Waals surface area contributed by atoms with Crippen molar-refractivity contribution in [3.05, 3.63) is 11.8 Å². The quantitative estimate of drug-likeness (QED) is 0.355. The van der Waals surface area contributed by atoms with Crippen molar-refractivity contribution in [3.63, 3.8) is 0 Å². The maximum Gasteiger partial charge on any atom is 0.207 e. The molecule has 0 unspecified atom stereocenters. The first kappa shape index (κ1) is 13.1. The third-order valence-corrected chi connectivity index (χ3v) is 2.18. The molecule has 2 N–H and O–H groups in total. The van der Waals surface area contributed by atoms with Gasteiger partial charge in [-0.05, 0) is 12.8 Å². The van der Waals surface area contributed by atoms with Crippen LogP contribution in [0.25, 0.3) is 0 Å². The second kappa shape index (κ2) is 7.49. The van der Waals surface area contributed by atoms with Gasteiger partial charge >= 0.3 is 0 Å². The van der Waals surface area contributed by atoms with Crippen LogP contribution >= 0.6 is 30.3 Å². The molecule has 0 radical (unpaired) electrons. The Morgan fingerprint density at radius 2 is 2.31 bits per heavy atom. The summed E-state index contributed by atoms with van der Waals surface area (Å²) >= 11 is 2.13. The Morgan fingerprint density at radius 1 is 1.69 bits per heavy atom. The maximum atomic E-state index is 7.44. The lowest BCUT2D eigenvalue weighted by Crippen LogP contribution is -2.09. The number of halogens is 1. The van der Waals surface area contributed by atoms with E-state index in [1.54, 1.807) is 6.08 Å². The highest BCUT2D eigenvalue weighted by Gasteiger charge is 1.97. The second-order valence-electron chi connectivity index (χ2n) is 3.08. The van der Waals surface area contributed by atoms with Crippen LogP contribution in [0.3, 0.4) is 0 Å². The van der Waals surface area contributed by atoms with Gasteiger partial charge < -0.3 is 9.46 Å². The van der Waals surface area contributed by atoms with Crippen molar-refractivity contribution < 1.29 is 4.74 Å². The van der Waals surface area contributed by atoms with Crippen molar-refractivity contribution >= 4 is 36.2 Å². The van der Waals surface area contributed by atoms with E-state index in [2.05, 4.69) is 39.8 Å². The van der Waals surface area contributed by atoms with E-state index in [4.69, 9.17) is 10.1 Å². The summed E-state index contributed by atoms with van der Waals surface area (Å²) in [5.74, 6) is 0.671. The lowest BCUT2D eigenvalue weighted by molar-refractivity contribution is 0.258. The van der Waals surface area contributed by atoms with E-state index in [1.807, 2.05) is 6.92 Å². The van der Waals surface area contributed by atoms with Gasteiger partial charge in [0.2, 0.25) is 5.90 Å². The third-order valence-electron chi connectivity index (χ3n) is 1.12. The van der Waals surface area contributed by atoms with Crippen LogP contribution in [0.4, 0.5) is 0 Å². The number of hydrogen-bond donors (Lipinski definition) is 2. The highest BCUT2D eigenvalue weighted by molar-refractivity contribution is 14.2. The molecule has 0 aliphatic carbocycles. The Morgan fingerprint density at radius 3 is 2.77 bits per heavy atom. The van der Waals surface area contributed by atoms with E-state index in [9.17, 15) is 0 Å². The van der Waals surface area contributed by atoms with Crippen LogP contribution in [0.5, 0.6) is 0 Å². The van der Waals surface area contributed by atoms with Gasteiger partial charge in [0.1, 0.15) is 0 Å². The molecule has 0 spiro atoms. The fourth-order valence-electron chi connectivity index (χ4n) is 0.585. The monoisotopic (exact) mass is 314 g/mol. The maximum absolute atomic E-state index is 7.44. The molecule has 0 aliphatic rings. The molecule has 0 saturated heterocycles. The first-order chi connectivity index (χ1) is 6.06. The van der Waals surface area contributed by atoms with Crippen LogP contribution in [-0.4, -0.2) is 12.5 Å². The van der Waals surface area contributed by atoms with Gasteiger partial charge in [-0.15, -0.1) is 0 Å². The number of allylic oxidation sites excluding steroid dienone is 1. The minimum absolute atomic E-state index is 0.212. The van der Waals surface area contributed by atoms with Gasteiger partial charge in [0.15, 0.2) is 0 Å². The molecule has 13 heavy (non-hydrogen) atoms. The van der Waals surface area contributed by atoms with Gasteiger partial charge in [-0.3, -0.25) is 5.41 Å². The normalized spacial score (nSPS) is 11.6. The fraction of sp³-hybridized carbons (Fsp3) is 0.625. The van der Waals surface area contributed by atoms with E-state index in [1.165, 1.54) is 9.12 Å². The van der Waals surface area contributed by atoms with Gasteiger partial charge in [0.25, 0.3) is 0 Å². The molecule has 3 nitrogen and oxygen atoms in total. The van der Waals surface area contributed by atoms with Gasteiger partial charge in [-0.1, -0.05) is 13.8 Å². The molecule has 0 fully saturated rings. The smallest absolute Gasteiger partial charge is 0.207 e. The van der Waals surface area contributed by atoms with Crippen LogP contribution in [-0.2, 0) is 4.74 Å². The summed E-state index contributed by atoms with van der Waals surface area (Å²) in [6.07, 6.45) is 1.67. The third kappa shape index (κ3) is 8.42. The Labute approximate surface area is 95.9 Å². The number of nitrogens with one attached hydrogen (secondary N) is 2. The molecule has 0 atom stereocenters. The fourth-order valence-corrected chi connectivity index (χ4v) is 1.81. The van der Waals surface area contributed by atoms with Crippen molar-refractivity contribution in [2.45, 2.75) is 20.8 Å². The van der Waals surface area contributed by atoms with Crippen molar-refractivity contribution in [3.8, 4) is 0 Å². The standard InChI is InChI=1S/C8H15IN2OS/c1-6(2)5-12-8(10)4-7(3)11-13-9/h4,6,10-11H,5H2,1-3H3/b7-4-,10-8?. The predicted molar refractivity (Wildman–Crippen MR) is 67.0 cm³/mol. The molecule has 0 aromatic rings. The lowest BCUT2D eigenvalue weighted by atomic mass is 10.2. The zero-order valence-electron chi connectivity index (χ0n) is 8.06. The molecule has 76 valence electrons. The average molecular weight is 314 g/mol. The van der Waals surface area contributed by atoms with Crippen molar-refractivity contribution in [2.75, 3.05) is 6.61 Å². The van der Waals surface area contributed by atoms with Crippen molar-refractivity contribution in [2.24, 2.45) is 5.92 Å². The Kier molecular flexibility index (Phi) is 7.54. The van der Waals surface area contributed by atoms with E-state index in [-0.39, 0.29) is 5.90 Å². The van der Waals surface area contributed by atoms with Crippen LogP contribution in [0, 0.1) is 11.3 Å². The van der Waals surface area contributed by atoms with E-state index < -0.39 is 0 Å². The van der Waals surface area contributed by atoms with Gasteiger partial charge in [-0.2, -0.15) is 0 Å². The molecular weight excluding hydrogens is 299 g/mol. The number of hydrogen-bond acceptors (Lipinski definition) is 4. The Bertz CT molecular complexity index is 195. The molecule has 0 aliphatic heterocycles. The first-order valence-electron chi connectivity index (χ1n) is 3.99. The summed E-state index contributed by atoms with van der Waals surface area (Å²) in [5.41, 5.74) is 0.924. The molecular formula is C8H15IN2OS. The van der Waals surface area contributed by atoms with Crippen LogP contribution in [0.1, 0.15) is 20.8 Å². The molecule has 0 aromatic carbocycles. The molecule has 0 aromatic heterocycles. The lowest BCUT2D eigenvalue weighted by Gasteiger charge is -2.07. The summed E-state index contributed by atoms with van der Waals surface area (Å²) in [4.78, 5) is 0. The SMILES string of the molecule is C/C(=C/C(=N)OCC(C)C)NSI. The Hall–Kier alpha value is 0.0900. The highest BCUT2D eigenvalue weighted by Crippen LogP contribution is 2.07. The van der Waals surface area contributed by atoms with Crippen LogP contribution in [0.15, 0.2) is 11.8 Å². The molecule has 0 heterocycles. The van der Waals surface area contributed by atoms with Crippen LogP contribution in [0.2, 0.25) is 0 Å². The minimum Gasteiger partial charge on any atom is -0.478 e. The summed E-state index contributed by atoms with van der Waals surface area (Å²) in [6, 6.07) is 0. The second-order valence-corrected chi connectivity index (χ2v) is 4.76. The average Bonchev–Trinajstić information content (AvgIpc) is 2.01. The van der Waals surface area contributed by atoms with Crippen LogP contribution < -0.4 is 4.72 Å². The minimum atomic E-state index is 0.212. The molecule has 0 saturated carbocycles. The van der Waals surface area contributed by atoms with Crippen molar-refractivity contribution in [1.82, 2.24) is 4.72 Å². The molecule has 0 rings (SSSR count). The summed E-state index contributed by atoms with van der Waals surface area (Å²) in [7, 11) is 1.48. The number of rotatable bonds is 5. The predicted octanol–water partition coefficient (Wildman–Crippen LogP) is 3.13. The zero-order valence-corrected chi connectivity index (χ0v) is 11.0. The van der Waals surface area contributed by atoms with Gasteiger partial charge in [0, 0.05) is 42.1 Å². The largest absolute Gasteiger partial charge is 0.478 e. The topological polar surface area (TPSA) is 45.1 Å².